The summed E-state index contributed by atoms with van der Waals surface area (Å²) >= 11 is 0. The molecule has 124 valence electrons. The highest BCUT2D eigenvalue weighted by atomic mass is 16.6. The van der Waals surface area contributed by atoms with Gasteiger partial charge < -0.3 is 19.1 Å². The minimum atomic E-state index is 0.217. The zero-order valence-corrected chi connectivity index (χ0v) is 13.3. The summed E-state index contributed by atoms with van der Waals surface area (Å²) in [6.07, 6.45) is 4.06. The largest absolute Gasteiger partial charge is 0.477 e. The van der Waals surface area contributed by atoms with Crippen molar-refractivity contribution >= 4 is 0 Å². The van der Waals surface area contributed by atoms with Gasteiger partial charge in [0, 0.05) is 18.8 Å². The summed E-state index contributed by atoms with van der Waals surface area (Å²) in [6, 6.07) is 5.47. The molecule has 0 bridgehead atoms. The predicted octanol–water partition coefficient (Wildman–Crippen LogP) is 1.46. The van der Waals surface area contributed by atoms with E-state index in [0.29, 0.717) is 37.2 Å². The highest BCUT2D eigenvalue weighted by Gasteiger charge is 2.23. The Hall–Kier alpha value is -1.68. The van der Waals surface area contributed by atoms with E-state index in [-0.39, 0.29) is 6.10 Å². The maximum absolute atomic E-state index is 8.88. The van der Waals surface area contributed by atoms with E-state index in [9.17, 15) is 0 Å². The number of hydrogen-bond donors (Lipinski definition) is 0. The van der Waals surface area contributed by atoms with Crippen molar-refractivity contribution in [2.75, 3.05) is 46.1 Å². The Balaban J connectivity index is 1.38. The van der Waals surface area contributed by atoms with Crippen LogP contribution in [0.3, 0.4) is 0 Å². The molecule has 2 fully saturated rings. The third-order valence-electron chi connectivity index (χ3n) is 4.38. The molecule has 6 heteroatoms. The monoisotopic (exact) mass is 317 g/mol. The van der Waals surface area contributed by atoms with Gasteiger partial charge >= 0.3 is 0 Å². The molecule has 1 aromatic rings. The highest BCUT2D eigenvalue weighted by molar-refractivity contribution is 5.31. The normalized spacial score (nSPS) is 23.3. The van der Waals surface area contributed by atoms with E-state index in [1.54, 1.807) is 18.3 Å². The molecule has 1 unspecified atom stereocenters. The quantitative estimate of drug-likeness (QED) is 0.819. The summed E-state index contributed by atoms with van der Waals surface area (Å²) in [7, 11) is 0. The smallest absolute Gasteiger partial charge is 0.214 e. The van der Waals surface area contributed by atoms with Crippen LogP contribution >= 0.6 is 0 Å². The fraction of sp³-hybridized carbons (Fsp3) is 0.647. The van der Waals surface area contributed by atoms with Crippen molar-refractivity contribution in [1.29, 1.82) is 5.26 Å². The lowest BCUT2D eigenvalue weighted by Crippen LogP contribution is -2.44. The van der Waals surface area contributed by atoms with Gasteiger partial charge in [-0.05, 0) is 37.9 Å². The summed E-state index contributed by atoms with van der Waals surface area (Å²) in [6.45, 7) is 5.90. The highest BCUT2D eigenvalue weighted by Crippen LogP contribution is 2.19. The van der Waals surface area contributed by atoms with Gasteiger partial charge in [-0.15, -0.1) is 0 Å². The first-order valence-electron chi connectivity index (χ1n) is 8.24. The number of nitrogens with zero attached hydrogens (tertiary/aromatic N) is 3. The van der Waals surface area contributed by atoms with E-state index >= 15 is 0 Å². The molecule has 0 N–H and O–H groups in total. The van der Waals surface area contributed by atoms with Crippen molar-refractivity contribution in [3.8, 4) is 11.9 Å². The zero-order chi connectivity index (χ0) is 15.9. The number of ether oxygens (including phenoxy) is 3. The van der Waals surface area contributed by atoms with Gasteiger partial charge in [-0.1, -0.05) is 0 Å². The first-order valence-corrected chi connectivity index (χ1v) is 8.24. The summed E-state index contributed by atoms with van der Waals surface area (Å²) in [4.78, 5) is 6.60. The number of nitriles is 1. The minimum absolute atomic E-state index is 0.217. The molecule has 0 spiro atoms. The van der Waals surface area contributed by atoms with Gasteiger partial charge in [-0.2, -0.15) is 5.26 Å². The Morgan fingerprint density at radius 1 is 1.35 bits per heavy atom. The molecule has 2 aliphatic rings. The Labute approximate surface area is 137 Å². The molecule has 0 amide bonds. The van der Waals surface area contributed by atoms with E-state index in [4.69, 9.17) is 19.5 Å². The van der Waals surface area contributed by atoms with E-state index in [1.165, 1.54) is 0 Å². The molecular weight excluding hydrogens is 294 g/mol. The number of hydrogen-bond acceptors (Lipinski definition) is 6. The average molecular weight is 317 g/mol. The molecule has 3 heterocycles. The molecule has 0 saturated carbocycles. The third kappa shape index (κ3) is 4.90. The second-order valence-electron chi connectivity index (χ2n) is 6.12. The molecule has 23 heavy (non-hydrogen) atoms. The lowest BCUT2D eigenvalue weighted by atomic mass is 9.97. The summed E-state index contributed by atoms with van der Waals surface area (Å²) in [5.74, 6) is 1.08. The van der Waals surface area contributed by atoms with Gasteiger partial charge in [0.1, 0.15) is 0 Å². The van der Waals surface area contributed by atoms with Crippen LogP contribution in [-0.2, 0) is 9.47 Å². The molecule has 6 nitrogen and oxygen atoms in total. The number of pyridine rings is 1. The maximum Gasteiger partial charge on any atom is 0.214 e. The number of piperidine rings is 1. The van der Waals surface area contributed by atoms with Crippen LogP contribution < -0.4 is 4.74 Å². The van der Waals surface area contributed by atoms with E-state index in [1.807, 2.05) is 0 Å². The Kier molecular flexibility index (Phi) is 5.81. The molecule has 0 radical (unpaired) electrons. The van der Waals surface area contributed by atoms with E-state index in [0.717, 1.165) is 39.1 Å². The first kappa shape index (κ1) is 16.2. The zero-order valence-electron chi connectivity index (χ0n) is 13.3. The van der Waals surface area contributed by atoms with Crippen molar-refractivity contribution in [3.05, 3.63) is 23.9 Å². The number of rotatable bonds is 5. The minimum Gasteiger partial charge on any atom is -0.477 e. The fourth-order valence-electron chi connectivity index (χ4n) is 3.03. The van der Waals surface area contributed by atoms with Gasteiger partial charge in [0.2, 0.25) is 5.88 Å². The topological polar surface area (TPSA) is 67.6 Å². The molecule has 3 rings (SSSR count). The van der Waals surface area contributed by atoms with Crippen molar-refractivity contribution < 1.29 is 14.2 Å². The molecule has 2 aliphatic heterocycles. The lowest BCUT2D eigenvalue weighted by molar-refractivity contribution is -0.0995. The fourth-order valence-corrected chi connectivity index (χ4v) is 3.03. The van der Waals surface area contributed by atoms with Crippen LogP contribution in [0.2, 0.25) is 0 Å². The van der Waals surface area contributed by atoms with Crippen LogP contribution in [0.25, 0.3) is 0 Å². The summed E-state index contributed by atoms with van der Waals surface area (Å²) in [5.41, 5.74) is 0.583. The SMILES string of the molecule is N#Cc1ccnc(OCC2CCN(CC3COCCO3)CC2)c1. The molecule has 0 aromatic carbocycles. The third-order valence-corrected chi connectivity index (χ3v) is 4.38. The van der Waals surface area contributed by atoms with Gasteiger partial charge in [0.05, 0.1) is 44.2 Å². The van der Waals surface area contributed by atoms with Gasteiger partial charge in [0.25, 0.3) is 0 Å². The molecular formula is C17H23N3O3. The Morgan fingerprint density at radius 2 is 2.22 bits per heavy atom. The second kappa shape index (κ2) is 8.25. The van der Waals surface area contributed by atoms with Crippen molar-refractivity contribution in [2.45, 2.75) is 18.9 Å². The lowest BCUT2D eigenvalue weighted by Gasteiger charge is -2.35. The van der Waals surface area contributed by atoms with E-state index in [2.05, 4.69) is 16.0 Å². The summed E-state index contributed by atoms with van der Waals surface area (Å²) < 4.78 is 16.9. The van der Waals surface area contributed by atoms with Crippen LogP contribution in [0.5, 0.6) is 5.88 Å². The first-order chi connectivity index (χ1) is 11.3. The van der Waals surface area contributed by atoms with Gasteiger partial charge in [0.15, 0.2) is 0 Å². The standard InChI is InChI=1S/C17H23N3O3/c18-10-15-1-4-19-17(9-15)23-12-14-2-5-20(6-3-14)11-16-13-21-7-8-22-16/h1,4,9,14,16H,2-3,5-8,11-13H2. The van der Waals surface area contributed by atoms with Crippen molar-refractivity contribution in [1.82, 2.24) is 9.88 Å². The van der Waals surface area contributed by atoms with Gasteiger partial charge in [-0.25, -0.2) is 4.98 Å². The Bertz CT molecular complexity index is 532. The number of likely N-dealkylation sites (tertiary alicyclic amines) is 1. The molecule has 2 saturated heterocycles. The molecule has 0 aliphatic carbocycles. The predicted molar refractivity (Wildman–Crippen MR) is 84.2 cm³/mol. The molecule has 1 aromatic heterocycles. The van der Waals surface area contributed by atoms with Crippen LogP contribution in [0.15, 0.2) is 18.3 Å². The number of aromatic nitrogens is 1. The average Bonchev–Trinajstić information content (AvgIpc) is 2.62. The van der Waals surface area contributed by atoms with Crippen LogP contribution in [-0.4, -0.2) is 62.0 Å². The van der Waals surface area contributed by atoms with Crippen LogP contribution in [0.4, 0.5) is 0 Å². The maximum atomic E-state index is 8.88. The van der Waals surface area contributed by atoms with Crippen LogP contribution in [0.1, 0.15) is 18.4 Å². The van der Waals surface area contributed by atoms with Gasteiger partial charge in [-0.3, -0.25) is 0 Å². The molecule has 1 atom stereocenters. The van der Waals surface area contributed by atoms with Crippen molar-refractivity contribution in [2.24, 2.45) is 5.92 Å². The van der Waals surface area contributed by atoms with E-state index < -0.39 is 0 Å². The van der Waals surface area contributed by atoms with Crippen molar-refractivity contribution in [3.63, 3.8) is 0 Å². The van der Waals surface area contributed by atoms with Crippen LogP contribution in [0, 0.1) is 17.2 Å². The second-order valence-corrected chi connectivity index (χ2v) is 6.12. The Morgan fingerprint density at radius 3 is 2.96 bits per heavy atom. The summed E-state index contributed by atoms with van der Waals surface area (Å²) in [5, 5.41) is 8.88.